The third kappa shape index (κ3) is 4.10. The Morgan fingerprint density at radius 3 is 2.68 bits per heavy atom. The largest absolute Gasteiger partial charge is 0.352 e. The third-order valence-corrected chi connectivity index (χ3v) is 4.12. The van der Waals surface area contributed by atoms with E-state index in [1.807, 2.05) is 31.0 Å². The molecular weight excluding hydrogens is 283 g/mol. The lowest BCUT2D eigenvalue weighted by atomic mass is 10.2. The average Bonchev–Trinajstić information content (AvgIpc) is 3.16. The Kier molecular flexibility index (Phi) is 4.71. The first kappa shape index (κ1) is 14.6. The van der Waals surface area contributed by atoms with E-state index in [-0.39, 0.29) is 11.9 Å². The molecule has 104 valence electrons. The molecule has 0 heterocycles. The van der Waals surface area contributed by atoms with Crippen molar-refractivity contribution in [2.45, 2.75) is 38.4 Å². The molecule has 19 heavy (non-hydrogen) atoms. The lowest BCUT2D eigenvalue weighted by molar-refractivity contribution is -0.125. The summed E-state index contributed by atoms with van der Waals surface area (Å²) in [5, 5.41) is 4.11. The molecule has 1 aliphatic carbocycles. The van der Waals surface area contributed by atoms with Crippen molar-refractivity contribution in [2.24, 2.45) is 0 Å². The molecule has 1 N–H and O–H groups in total. The van der Waals surface area contributed by atoms with Crippen LogP contribution in [0.25, 0.3) is 0 Å². The van der Waals surface area contributed by atoms with Gasteiger partial charge in [0, 0.05) is 12.6 Å². The van der Waals surface area contributed by atoms with Crippen LogP contribution in [0.15, 0.2) is 18.2 Å². The molecule has 1 amide bonds. The second-order valence-corrected chi connectivity index (χ2v) is 5.94. The summed E-state index contributed by atoms with van der Waals surface area (Å²) in [6, 6.07) is 5.79. The van der Waals surface area contributed by atoms with Gasteiger partial charge in [0.2, 0.25) is 5.91 Å². The van der Waals surface area contributed by atoms with Crippen LogP contribution in [0.3, 0.4) is 0 Å². The number of carbonyl (C=O) groups is 1. The van der Waals surface area contributed by atoms with Crippen LogP contribution in [-0.2, 0) is 11.3 Å². The van der Waals surface area contributed by atoms with Crippen LogP contribution in [0.2, 0.25) is 10.0 Å². The van der Waals surface area contributed by atoms with E-state index >= 15 is 0 Å². The second-order valence-electron chi connectivity index (χ2n) is 5.12. The third-order valence-electron chi connectivity index (χ3n) is 3.38. The molecule has 0 saturated heterocycles. The zero-order valence-corrected chi connectivity index (χ0v) is 12.6. The van der Waals surface area contributed by atoms with Crippen LogP contribution in [0.5, 0.6) is 0 Å². The number of benzene rings is 1. The summed E-state index contributed by atoms with van der Waals surface area (Å²) in [6.07, 6.45) is 2.21. The highest BCUT2D eigenvalue weighted by Gasteiger charge is 2.27. The molecule has 2 rings (SSSR count). The summed E-state index contributed by atoms with van der Waals surface area (Å²) in [5.41, 5.74) is 1.04. The summed E-state index contributed by atoms with van der Waals surface area (Å²) < 4.78 is 0. The maximum atomic E-state index is 11.9. The van der Waals surface area contributed by atoms with Gasteiger partial charge in [-0.05, 0) is 44.5 Å². The van der Waals surface area contributed by atoms with Crippen LogP contribution in [0.1, 0.15) is 25.3 Å². The van der Waals surface area contributed by atoms with Gasteiger partial charge in [0.15, 0.2) is 0 Å². The molecule has 3 nitrogen and oxygen atoms in total. The van der Waals surface area contributed by atoms with Crippen LogP contribution >= 0.6 is 23.2 Å². The Morgan fingerprint density at radius 1 is 1.42 bits per heavy atom. The van der Waals surface area contributed by atoms with Crippen LogP contribution in [0, 0.1) is 0 Å². The van der Waals surface area contributed by atoms with E-state index < -0.39 is 0 Å². The van der Waals surface area contributed by atoms with Crippen molar-refractivity contribution in [1.82, 2.24) is 10.2 Å². The van der Waals surface area contributed by atoms with Gasteiger partial charge >= 0.3 is 0 Å². The van der Waals surface area contributed by atoms with E-state index in [0.29, 0.717) is 22.6 Å². The fourth-order valence-corrected chi connectivity index (χ4v) is 2.13. The average molecular weight is 301 g/mol. The minimum Gasteiger partial charge on any atom is -0.352 e. The van der Waals surface area contributed by atoms with Crippen molar-refractivity contribution < 1.29 is 4.79 Å². The molecule has 0 spiro atoms. The molecule has 5 heteroatoms. The van der Waals surface area contributed by atoms with Crippen molar-refractivity contribution in [3.8, 4) is 0 Å². The Balaban J connectivity index is 1.92. The summed E-state index contributed by atoms with van der Waals surface area (Å²) >= 11 is 11.9. The van der Waals surface area contributed by atoms with E-state index in [1.54, 1.807) is 6.07 Å². The number of amides is 1. The lowest BCUT2D eigenvalue weighted by Gasteiger charge is -2.24. The zero-order valence-electron chi connectivity index (χ0n) is 11.1. The van der Waals surface area contributed by atoms with Crippen molar-refractivity contribution in [3.63, 3.8) is 0 Å². The zero-order chi connectivity index (χ0) is 14.0. The highest BCUT2D eigenvalue weighted by atomic mass is 35.5. The topological polar surface area (TPSA) is 32.3 Å². The van der Waals surface area contributed by atoms with Crippen molar-refractivity contribution in [3.05, 3.63) is 33.8 Å². The number of halogens is 2. The fourth-order valence-electron chi connectivity index (χ4n) is 1.81. The predicted octanol–water partition coefficient (Wildman–Crippen LogP) is 3.09. The van der Waals surface area contributed by atoms with E-state index in [1.165, 1.54) is 0 Å². The van der Waals surface area contributed by atoms with E-state index in [2.05, 4.69) is 5.32 Å². The summed E-state index contributed by atoms with van der Waals surface area (Å²) in [4.78, 5) is 13.9. The summed E-state index contributed by atoms with van der Waals surface area (Å²) in [5.74, 6) is 0.0880. The Bertz CT molecular complexity index is 475. The smallest absolute Gasteiger partial charge is 0.237 e. The molecule has 0 unspecified atom stereocenters. The standard InChI is InChI=1S/C14H18Cl2N2O/c1-9(14(19)17-11-4-5-11)18(2)8-10-3-6-12(15)13(16)7-10/h3,6-7,9,11H,4-5,8H2,1-2H3,(H,17,19)/t9-/m1/s1. The summed E-state index contributed by atoms with van der Waals surface area (Å²) in [6.45, 7) is 2.57. The molecule has 0 aromatic heterocycles. The van der Waals surface area contributed by atoms with Gasteiger partial charge in [-0.15, -0.1) is 0 Å². The fraction of sp³-hybridized carbons (Fsp3) is 0.500. The first-order valence-electron chi connectivity index (χ1n) is 6.42. The van der Waals surface area contributed by atoms with Gasteiger partial charge in [-0.2, -0.15) is 0 Å². The predicted molar refractivity (Wildman–Crippen MR) is 78.6 cm³/mol. The van der Waals surface area contributed by atoms with Gasteiger partial charge < -0.3 is 5.32 Å². The molecule has 1 aliphatic rings. The normalized spacial score (nSPS) is 16.5. The van der Waals surface area contributed by atoms with Gasteiger partial charge in [-0.1, -0.05) is 29.3 Å². The number of rotatable bonds is 5. The van der Waals surface area contributed by atoms with E-state index in [9.17, 15) is 4.79 Å². The minimum atomic E-state index is -0.157. The number of carbonyl (C=O) groups excluding carboxylic acids is 1. The number of nitrogens with zero attached hydrogens (tertiary/aromatic N) is 1. The maximum Gasteiger partial charge on any atom is 0.237 e. The maximum absolute atomic E-state index is 11.9. The molecule has 1 fully saturated rings. The van der Waals surface area contributed by atoms with Gasteiger partial charge in [0.25, 0.3) is 0 Å². The van der Waals surface area contributed by atoms with Gasteiger partial charge in [0.05, 0.1) is 16.1 Å². The molecule has 1 aromatic carbocycles. The minimum absolute atomic E-state index is 0.0880. The van der Waals surface area contributed by atoms with Gasteiger partial charge in [0.1, 0.15) is 0 Å². The van der Waals surface area contributed by atoms with Crippen molar-refractivity contribution in [2.75, 3.05) is 7.05 Å². The number of nitrogens with one attached hydrogen (secondary N) is 1. The molecule has 1 aromatic rings. The van der Waals surface area contributed by atoms with Crippen molar-refractivity contribution >= 4 is 29.1 Å². The lowest BCUT2D eigenvalue weighted by Crippen LogP contribution is -2.43. The van der Waals surface area contributed by atoms with E-state index in [0.717, 1.165) is 18.4 Å². The second kappa shape index (κ2) is 6.12. The highest BCUT2D eigenvalue weighted by molar-refractivity contribution is 6.42. The molecule has 1 saturated carbocycles. The monoisotopic (exact) mass is 300 g/mol. The molecule has 0 bridgehead atoms. The quantitative estimate of drug-likeness (QED) is 0.906. The Hall–Kier alpha value is -0.770. The van der Waals surface area contributed by atoms with Crippen LogP contribution in [-0.4, -0.2) is 29.9 Å². The van der Waals surface area contributed by atoms with Crippen LogP contribution < -0.4 is 5.32 Å². The van der Waals surface area contributed by atoms with Gasteiger partial charge in [-0.3, -0.25) is 9.69 Å². The van der Waals surface area contributed by atoms with E-state index in [4.69, 9.17) is 23.2 Å². The number of likely N-dealkylation sites (N-methyl/N-ethyl adjacent to an activating group) is 1. The highest BCUT2D eigenvalue weighted by Crippen LogP contribution is 2.23. The SMILES string of the molecule is C[C@H](C(=O)NC1CC1)N(C)Cc1ccc(Cl)c(Cl)c1. The number of hydrogen-bond acceptors (Lipinski definition) is 2. The molecule has 0 radical (unpaired) electrons. The first-order chi connectivity index (χ1) is 8.97. The molecule has 1 atom stereocenters. The first-order valence-corrected chi connectivity index (χ1v) is 7.17. The Labute approximate surface area is 123 Å². The van der Waals surface area contributed by atoms with Crippen LogP contribution in [0.4, 0.5) is 0 Å². The van der Waals surface area contributed by atoms with Crippen molar-refractivity contribution in [1.29, 1.82) is 0 Å². The summed E-state index contributed by atoms with van der Waals surface area (Å²) in [7, 11) is 1.93. The van der Waals surface area contributed by atoms with Gasteiger partial charge in [-0.25, -0.2) is 0 Å². The number of hydrogen-bond donors (Lipinski definition) is 1. The molecule has 0 aliphatic heterocycles. The molecular formula is C14H18Cl2N2O. The Morgan fingerprint density at radius 2 is 2.11 bits per heavy atom.